The van der Waals surface area contributed by atoms with Crippen molar-refractivity contribution in [3.8, 4) is 0 Å². The molecule has 1 aliphatic heterocycles. The summed E-state index contributed by atoms with van der Waals surface area (Å²) in [6.07, 6.45) is 7.09. The van der Waals surface area contributed by atoms with Crippen molar-refractivity contribution in [2.24, 2.45) is 12.5 Å². The number of carbonyl (C=O) groups is 1. The van der Waals surface area contributed by atoms with E-state index in [1.165, 1.54) is 19.3 Å². The molecule has 5 heteroatoms. The highest BCUT2D eigenvalue weighted by Gasteiger charge is 2.53. The molecular formula is C14H22N4O. The average Bonchev–Trinajstić information content (AvgIpc) is 2.91. The third-order valence-electron chi connectivity index (χ3n) is 4.87. The number of hydrogen-bond acceptors (Lipinski definition) is 3. The highest BCUT2D eigenvalue weighted by molar-refractivity contribution is 5.76. The molecule has 1 amide bonds. The van der Waals surface area contributed by atoms with Gasteiger partial charge >= 0.3 is 0 Å². The minimum atomic E-state index is 0.282. The van der Waals surface area contributed by atoms with E-state index >= 15 is 0 Å². The molecule has 1 saturated heterocycles. The molecule has 1 aliphatic carbocycles. The smallest absolute Gasteiger partial charge is 0.222 e. The van der Waals surface area contributed by atoms with Gasteiger partial charge in [-0.15, -0.1) is 10.2 Å². The Hall–Kier alpha value is -1.39. The number of rotatable bonds is 3. The van der Waals surface area contributed by atoms with Crippen LogP contribution in [0.25, 0.3) is 0 Å². The molecule has 1 saturated carbocycles. The van der Waals surface area contributed by atoms with Crippen molar-refractivity contribution in [2.45, 2.75) is 44.9 Å². The van der Waals surface area contributed by atoms with Gasteiger partial charge in [-0.3, -0.25) is 4.79 Å². The van der Waals surface area contributed by atoms with Crippen LogP contribution in [0, 0.1) is 5.41 Å². The largest absolute Gasteiger partial charge is 0.341 e. The summed E-state index contributed by atoms with van der Waals surface area (Å²) in [7, 11) is 2.00. The molecule has 2 heterocycles. The van der Waals surface area contributed by atoms with Crippen LogP contribution in [-0.4, -0.2) is 38.7 Å². The summed E-state index contributed by atoms with van der Waals surface area (Å²) in [4.78, 5) is 14.2. The van der Waals surface area contributed by atoms with Crippen molar-refractivity contribution in [1.29, 1.82) is 0 Å². The molecular weight excluding hydrogens is 240 g/mol. The van der Waals surface area contributed by atoms with Crippen molar-refractivity contribution < 1.29 is 4.79 Å². The summed E-state index contributed by atoms with van der Waals surface area (Å²) in [6, 6.07) is 0. The van der Waals surface area contributed by atoms with Crippen LogP contribution in [0.3, 0.4) is 0 Å². The summed E-state index contributed by atoms with van der Waals surface area (Å²) < 4.78 is 2.01. The van der Waals surface area contributed by atoms with Crippen LogP contribution in [-0.2, 0) is 11.8 Å². The molecule has 1 aromatic heterocycles. The first kappa shape index (κ1) is 12.6. The molecule has 0 N–H and O–H groups in total. The Bertz CT molecular complexity index is 478. The van der Waals surface area contributed by atoms with Gasteiger partial charge in [-0.25, -0.2) is 0 Å². The van der Waals surface area contributed by atoms with E-state index in [9.17, 15) is 4.79 Å². The maximum atomic E-state index is 12.2. The Morgan fingerprint density at radius 3 is 2.84 bits per heavy atom. The molecule has 0 bridgehead atoms. The van der Waals surface area contributed by atoms with Gasteiger partial charge in [0, 0.05) is 32.5 Å². The van der Waals surface area contributed by atoms with Crippen LogP contribution in [0.2, 0.25) is 0 Å². The van der Waals surface area contributed by atoms with E-state index in [1.807, 2.05) is 11.6 Å². The number of amides is 1. The molecule has 3 rings (SSSR count). The zero-order chi connectivity index (χ0) is 13.5. The Kier molecular flexibility index (Phi) is 3.07. The second kappa shape index (κ2) is 4.62. The van der Waals surface area contributed by atoms with Gasteiger partial charge in [0.1, 0.15) is 12.2 Å². The van der Waals surface area contributed by atoms with E-state index in [-0.39, 0.29) is 5.41 Å². The lowest BCUT2D eigenvalue weighted by atomic mass is 9.62. The number of aryl methyl sites for hydroxylation is 1. The van der Waals surface area contributed by atoms with Crippen LogP contribution in [0.15, 0.2) is 6.33 Å². The molecule has 19 heavy (non-hydrogen) atoms. The lowest BCUT2D eigenvalue weighted by Gasteiger charge is -2.42. The predicted octanol–water partition coefficient (Wildman–Crippen LogP) is 1.71. The zero-order valence-corrected chi connectivity index (χ0v) is 11.8. The molecule has 2 aliphatic rings. The van der Waals surface area contributed by atoms with Crippen LogP contribution < -0.4 is 0 Å². The Morgan fingerprint density at radius 1 is 1.53 bits per heavy atom. The Morgan fingerprint density at radius 2 is 2.32 bits per heavy atom. The third kappa shape index (κ3) is 1.95. The topological polar surface area (TPSA) is 51.0 Å². The van der Waals surface area contributed by atoms with Crippen LogP contribution in [0.1, 0.15) is 50.8 Å². The number of hydrogen-bond donors (Lipinski definition) is 0. The van der Waals surface area contributed by atoms with Gasteiger partial charge in [0.2, 0.25) is 5.91 Å². The summed E-state index contributed by atoms with van der Waals surface area (Å²) in [5.74, 6) is 1.72. The lowest BCUT2D eigenvalue weighted by Crippen LogP contribution is -2.38. The number of aromatic nitrogens is 3. The molecule has 1 spiro atoms. The second-order valence-electron chi connectivity index (χ2n) is 6.09. The summed E-state index contributed by atoms with van der Waals surface area (Å²) >= 11 is 0. The molecule has 2 fully saturated rings. The first-order valence-corrected chi connectivity index (χ1v) is 7.28. The number of nitrogens with zero attached hydrogens (tertiary/aromatic N) is 4. The quantitative estimate of drug-likeness (QED) is 0.833. The first-order valence-electron chi connectivity index (χ1n) is 7.28. The van der Waals surface area contributed by atoms with E-state index in [2.05, 4.69) is 22.0 Å². The van der Waals surface area contributed by atoms with Crippen molar-refractivity contribution in [3.63, 3.8) is 0 Å². The highest BCUT2D eigenvalue weighted by atomic mass is 16.2. The second-order valence-corrected chi connectivity index (χ2v) is 6.09. The minimum Gasteiger partial charge on any atom is -0.341 e. The van der Waals surface area contributed by atoms with E-state index in [0.29, 0.717) is 18.2 Å². The van der Waals surface area contributed by atoms with Crippen molar-refractivity contribution in [1.82, 2.24) is 19.7 Å². The maximum Gasteiger partial charge on any atom is 0.222 e. The highest BCUT2D eigenvalue weighted by Crippen LogP contribution is 2.55. The third-order valence-corrected chi connectivity index (χ3v) is 4.87. The standard InChI is InChI=1S/C14H22N4O/c1-3-5-12(19)18-8-11(13-16-15-10-17(13)2)14(9-18)6-4-7-14/h10-11H,3-9H2,1-2H3. The van der Waals surface area contributed by atoms with E-state index in [4.69, 9.17) is 0 Å². The molecule has 0 aromatic carbocycles. The van der Waals surface area contributed by atoms with E-state index < -0.39 is 0 Å². The maximum absolute atomic E-state index is 12.2. The van der Waals surface area contributed by atoms with Crippen LogP contribution in [0.5, 0.6) is 0 Å². The van der Waals surface area contributed by atoms with Gasteiger partial charge in [0.25, 0.3) is 0 Å². The fourth-order valence-electron chi connectivity index (χ4n) is 3.63. The number of carbonyl (C=O) groups excluding carboxylic acids is 1. The summed E-state index contributed by atoms with van der Waals surface area (Å²) in [5, 5.41) is 8.30. The summed E-state index contributed by atoms with van der Waals surface area (Å²) in [6.45, 7) is 3.81. The van der Waals surface area contributed by atoms with E-state index in [0.717, 1.165) is 25.3 Å². The van der Waals surface area contributed by atoms with Crippen molar-refractivity contribution in [3.05, 3.63) is 12.2 Å². The lowest BCUT2D eigenvalue weighted by molar-refractivity contribution is -0.130. The Labute approximate surface area is 114 Å². The molecule has 1 atom stereocenters. The first-order chi connectivity index (χ1) is 9.16. The monoisotopic (exact) mass is 262 g/mol. The van der Waals surface area contributed by atoms with E-state index in [1.54, 1.807) is 6.33 Å². The van der Waals surface area contributed by atoms with Gasteiger partial charge < -0.3 is 9.47 Å². The fourth-order valence-corrected chi connectivity index (χ4v) is 3.63. The summed E-state index contributed by atoms with van der Waals surface area (Å²) in [5.41, 5.74) is 0.282. The van der Waals surface area contributed by atoms with Crippen molar-refractivity contribution in [2.75, 3.05) is 13.1 Å². The average molecular weight is 262 g/mol. The SMILES string of the molecule is CCCC(=O)N1CC(c2nncn2C)C2(CCC2)C1. The molecule has 5 nitrogen and oxygen atoms in total. The van der Waals surface area contributed by atoms with Gasteiger partial charge in [-0.2, -0.15) is 0 Å². The molecule has 104 valence electrons. The molecule has 1 aromatic rings. The normalized spacial score (nSPS) is 24.7. The van der Waals surface area contributed by atoms with Crippen LogP contribution in [0.4, 0.5) is 0 Å². The van der Waals surface area contributed by atoms with Gasteiger partial charge in [-0.1, -0.05) is 13.3 Å². The Balaban J connectivity index is 1.83. The minimum absolute atomic E-state index is 0.282. The van der Waals surface area contributed by atoms with Gasteiger partial charge in [-0.05, 0) is 24.7 Å². The molecule has 0 radical (unpaired) electrons. The number of likely N-dealkylation sites (tertiary alicyclic amines) is 1. The fraction of sp³-hybridized carbons (Fsp3) is 0.786. The van der Waals surface area contributed by atoms with Gasteiger partial charge in [0.15, 0.2) is 0 Å². The zero-order valence-electron chi connectivity index (χ0n) is 11.8. The van der Waals surface area contributed by atoms with Crippen LogP contribution >= 0.6 is 0 Å². The molecule has 1 unspecified atom stereocenters. The van der Waals surface area contributed by atoms with Gasteiger partial charge in [0.05, 0.1) is 0 Å². The van der Waals surface area contributed by atoms with Crippen molar-refractivity contribution >= 4 is 5.91 Å². The predicted molar refractivity (Wildman–Crippen MR) is 71.5 cm³/mol.